The molecule has 0 unspecified atom stereocenters. The minimum absolute atomic E-state index is 0.425. The molecule has 0 radical (unpaired) electrons. The second kappa shape index (κ2) is 8.01. The number of halogens is 2. The molecule has 0 aliphatic carbocycles. The van der Waals surface area contributed by atoms with Gasteiger partial charge in [0, 0.05) is 16.1 Å². The number of ether oxygens (including phenoxy) is 2. The maximum atomic E-state index is 11.3. The van der Waals surface area contributed by atoms with Crippen LogP contribution in [0.4, 0.5) is 0 Å². The van der Waals surface area contributed by atoms with Gasteiger partial charge in [-0.2, -0.15) is 0 Å². The fourth-order valence-electron chi connectivity index (χ4n) is 1.78. The van der Waals surface area contributed by atoms with Gasteiger partial charge in [0.1, 0.15) is 12.4 Å². The maximum Gasteiger partial charge on any atom is 0.330 e. The van der Waals surface area contributed by atoms with Crippen molar-refractivity contribution in [3.63, 3.8) is 0 Å². The molecule has 0 heterocycles. The molecule has 114 valence electrons. The minimum atomic E-state index is -0.444. The van der Waals surface area contributed by atoms with Gasteiger partial charge in [0.2, 0.25) is 0 Å². The minimum Gasteiger partial charge on any atom is -0.488 e. The summed E-state index contributed by atoms with van der Waals surface area (Å²) < 4.78 is 11.1. The van der Waals surface area contributed by atoms with E-state index >= 15 is 0 Å². The number of carbonyl (C=O) groups is 1. The number of hydrogen-bond acceptors (Lipinski definition) is 3. The molecule has 0 aliphatic rings. The predicted octanol–water partition coefficient (Wildman–Crippen LogP) is 4.87. The largest absolute Gasteiger partial charge is 0.488 e. The van der Waals surface area contributed by atoms with Gasteiger partial charge in [-0.3, -0.25) is 0 Å². The number of esters is 1. The highest BCUT2D eigenvalue weighted by molar-refractivity contribution is 9.10. The van der Waals surface area contributed by atoms with Gasteiger partial charge >= 0.3 is 5.97 Å². The smallest absolute Gasteiger partial charge is 0.330 e. The molecule has 0 fully saturated rings. The molecule has 5 heteroatoms. The number of benzene rings is 2. The average Bonchev–Trinajstić information content (AvgIpc) is 2.55. The molecule has 0 spiro atoms. The Morgan fingerprint density at radius 1 is 1.23 bits per heavy atom. The number of carbonyl (C=O) groups excluding carboxylic acids is 1. The van der Waals surface area contributed by atoms with Crippen molar-refractivity contribution in [2.24, 2.45) is 0 Å². The molecular weight excluding hydrogens is 368 g/mol. The summed E-state index contributed by atoms with van der Waals surface area (Å²) in [6.45, 7) is 0.425. The molecule has 0 saturated heterocycles. The van der Waals surface area contributed by atoms with Gasteiger partial charge in [-0.05, 0) is 39.7 Å². The Morgan fingerprint density at radius 3 is 2.64 bits per heavy atom. The van der Waals surface area contributed by atoms with Crippen molar-refractivity contribution >= 4 is 39.6 Å². The normalized spacial score (nSPS) is 10.7. The molecule has 0 N–H and O–H groups in total. The number of hydrogen-bond donors (Lipinski definition) is 0. The monoisotopic (exact) mass is 380 g/mol. The van der Waals surface area contributed by atoms with E-state index in [9.17, 15) is 4.79 Å². The zero-order chi connectivity index (χ0) is 15.9. The predicted molar refractivity (Wildman–Crippen MR) is 91.0 cm³/mol. The molecule has 2 aromatic rings. The third-order valence-electron chi connectivity index (χ3n) is 2.92. The third-order valence-corrected chi connectivity index (χ3v) is 4.31. The lowest BCUT2D eigenvalue weighted by atomic mass is 10.2. The molecule has 0 atom stereocenters. The Balaban J connectivity index is 2.25. The Morgan fingerprint density at radius 2 is 1.95 bits per heavy atom. The highest BCUT2D eigenvalue weighted by atomic mass is 79.9. The molecule has 22 heavy (non-hydrogen) atoms. The van der Waals surface area contributed by atoms with Gasteiger partial charge in [0.25, 0.3) is 0 Å². The van der Waals surface area contributed by atoms with E-state index in [0.717, 1.165) is 5.56 Å². The molecule has 0 aliphatic heterocycles. The van der Waals surface area contributed by atoms with E-state index in [0.29, 0.717) is 27.4 Å². The topological polar surface area (TPSA) is 35.5 Å². The first-order chi connectivity index (χ1) is 10.6. The van der Waals surface area contributed by atoms with Crippen LogP contribution in [0, 0.1) is 0 Å². The highest BCUT2D eigenvalue weighted by Gasteiger charge is 2.10. The van der Waals surface area contributed by atoms with Gasteiger partial charge in [-0.25, -0.2) is 4.79 Å². The summed E-state index contributed by atoms with van der Waals surface area (Å²) >= 11 is 9.51. The highest BCUT2D eigenvalue weighted by Crippen LogP contribution is 2.34. The molecule has 2 rings (SSSR count). The van der Waals surface area contributed by atoms with Crippen LogP contribution in [-0.2, 0) is 16.1 Å². The lowest BCUT2D eigenvalue weighted by Gasteiger charge is -2.12. The van der Waals surface area contributed by atoms with Crippen LogP contribution in [-0.4, -0.2) is 13.1 Å². The van der Waals surface area contributed by atoms with E-state index in [4.69, 9.17) is 16.3 Å². The summed E-state index contributed by atoms with van der Waals surface area (Å²) in [5, 5.41) is 0.538. The number of methoxy groups -OCH3 is 1. The van der Waals surface area contributed by atoms with Crippen LogP contribution in [0.5, 0.6) is 5.75 Å². The van der Waals surface area contributed by atoms with E-state index in [2.05, 4.69) is 20.7 Å². The van der Waals surface area contributed by atoms with Crippen molar-refractivity contribution in [2.45, 2.75) is 6.61 Å². The SMILES string of the molecule is COC(=O)/C=C/c1c(OCc2ccccc2)ccc(Cl)c1Br. The van der Waals surface area contributed by atoms with Crippen LogP contribution in [0.2, 0.25) is 5.02 Å². The molecule has 0 bridgehead atoms. The van der Waals surface area contributed by atoms with Crippen LogP contribution in [0.1, 0.15) is 11.1 Å². The molecule has 0 amide bonds. The van der Waals surface area contributed by atoms with Gasteiger partial charge in [-0.15, -0.1) is 0 Å². The fourth-order valence-corrected chi connectivity index (χ4v) is 2.41. The second-order valence-electron chi connectivity index (χ2n) is 4.40. The first kappa shape index (κ1) is 16.6. The Bertz CT molecular complexity index is 684. The Labute approximate surface area is 142 Å². The van der Waals surface area contributed by atoms with Gasteiger partial charge < -0.3 is 9.47 Å². The average molecular weight is 382 g/mol. The van der Waals surface area contributed by atoms with E-state index in [1.54, 1.807) is 18.2 Å². The summed E-state index contributed by atoms with van der Waals surface area (Å²) in [6, 6.07) is 13.3. The summed E-state index contributed by atoms with van der Waals surface area (Å²) in [5.74, 6) is 0.182. The lowest BCUT2D eigenvalue weighted by molar-refractivity contribution is -0.134. The van der Waals surface area contributed by atoms with E-state index in [-0.39, 0.29) is 0 Å². The van der Waals surface area contributed by atoms with Crippen LogP contribution in [0.15, 0.2) is 53.0 Å². The first-order valence-corrected chi connectivity index (χ1v) is 7.69. The first-order valence-electron chi connectivity index (χ1n) is 6.52. The molecule has 3 nitrogen and oxygen atoms in total. The summed E-state index contributed by atoms with van der Waals surface area (Å²) in [6.07, 6.45) is 2.94. The molecular formula is C17H14BrClO3. The zero-order valence-electron chi connectivity index (χ0n) is 11.9. The Kier molecular flexibility index (Phi) is 6.04. The molecule has 0 aromatic heterocycles. The number of rotatable bonds is 5. The van der Waals surface area contributed by atoms with E-state index < -0.39 is 5.97 Å². The molecule has 2 aromatic carbocycles. The molecule has 0 saturated carbocycles. The fraction of sp³-hybridized carbons (Fsp3) is 0.118. The maximum absolute atomic E-state index is 11.3. The van der Waals surface area contributed by atoms with Crippen molar-refractivity contribution in [1.29, 1.82) is 0 Å². The van der Waals surface area contributed by atoms with Crippen molar-refractivity contribution in [1.82, 2.24) is 0 Å². The van der Waals surface area contributed by atoms with Crippen molar-refractivity contribution in [2.75, 3.05) is 7.11 Å². The van der Waals surface area contributed by atoms with Gasteiger partial charge in [-0.1, -0.05) is 41.9 Å². The zero-order valence-corrected chi connectivity index (χ0v) is 14.2. The van der Waals surface area contributed by atoms with Crippen molar-refractivity contribution < 1.29 is 14.3 Å². The van der Waals surface area contributed by atoms with Crippen molar-refractivity contribution in [3.05, 3.63) is 69.2 Å². The van der Waals surface area contributed by atoms with Crippen molar-refractivity contribution in [3.8, 4) is 5.75 Å². The van der Waals surface area contributed by atoms with Crippen LogP contribution < -0.4 is 4.74 Å². The van der Waals surface area contributed by atoms with E-state index in [1.165, 1.54) is 13.2 Å². The third kappa shape index (κ3) is 4.36. The standard InChI is InChI=1S/C17H14BrClO3/c1-21-16(20)10-7-13-15(9-8-14(19)17(13)18)22-11-12-5-3-2-4-6-12/h2-10H,11H2,1H3/b10-7+. The summed E-state index contributed by atoms with van der Waals surface area (Å²) in [7, 11) is 1.33. The van der Waals surface area contributed by atoms with Crippen LogP contribution in [0.3, 0.4) is 0 Å². The van der Waals surface area contributed by atoms with Gasteiger partial charge in [0.05, 0.1) is 12.1 Å². The van der Waals surface area contributed by atoms with Gasteiger partial charge in [0.15, 0.2) is 0 Å². The Hall–Kier alpha value is -1.78. The lowest BCUT2D eigenvalue weighted by Crippen LogP contribution is -1.98. The second-order valence-corrected chi connectivity index (χ2v) is 5.60. The summed E-state index contributed by atoms with van der Waals surface area (Å²) in [5.41, 5.74) is 1.74. The van der Waals surface area contributed by atoms with E-state index in [1.807, 2.05) is 30.3 Å². The summed E-state index contributed by atoms with van der Waals surface area (Å²) in [4.78, 5) is 11.3. The van der Waals surface area contributed by atoms with Crippen LogP contribution >= 0.6 is 27.5 Å². The quantitative estimate of drug-likeness (QED) is 0.547. The van der Waals surface area contributed by atoms with Crippen LogP contribution in [0.25, 0.3) is 6.08 Å².